The van der Waals surface area contributed by atoms with Crippen molar-refractivity contribution in [2.24, 2.45) is 5.92 Å². The summed E-state index contributed by atoms with van der Waals surface area (Å²) in [5, 5.41) is 2.41. The van der Waals surface area contributed by atoms with Crippen LogP contribution >= 0.6 is 0 Å². The van der Waals surface area contributed by atoms with Crippen LogP contribution in [0.2, 0.25) is 0 Å². The van der Waals surface area contributed by atoms with Crippen LogP contribution in [0.5, 0.6) is 0 Å². The Morgan fingerprint density at radius 3 is 2.22 bits per heavy atom. The van der Waals surface area contributed by atoms with E-state index in [0.717, 1.165) is 0 Å². The lowest BCUT2D eigenvalue weighted by molar-refractivity contribution is -0.238. The molecule has 2 heterocycles. The van der Waals surface area contributed by atoms with E-state index in [1.54, 1.807) is 0 Å². The van der Waals surface area contributed by atoms with Gasteiger partial charge in [0, 0.05) is 20.3 Å². The van der Waals surface area contributed by atoms with Crippen LogP contribution in [-0.2, 0) is 28.7 Å². The number of cyclic esters (lactones) is 2. The minimum atomic E-state index is -1.60. The number of rotatable bonds is 2. The van der Waals surface area contributed by atoms with Gasteiger partial charge in [-0.05, 0) is 6.42 Å². The zero-order valence-corrected chi connectivity index (χ0v) is 10.0. The summed E-state index contributed by atoms with van der Waals surface area (Å²) in [6, 6.07) is -0.816. The lowest BCUT2D eigenvalue weighted by atomic mass is 9.96. The summed E-state index contributed by atoms with van der Waals surface area (Å²) in [6.45, 7) is 2.81. The highest BCUT2D eigenvalue weighted by Gasteiger charge is 2.49. The number of carbonyl (C=O) groups is 4. The van der Waals surface area contributed by atoms with Crippen LogP contribution in [-0.4, -0.2) is 35.5 Å². The van der Waals surface area contributed by atoms with E-state index >= 15 is 0 Å². The van der Waals surface area contributed by atoms with E-state index < -0.39 is 35.5 Å². The normalized spacial score (nSPS) is 27.4. The van der Waals surface area contributed by atoms with Crippen molar-refractivity contribution in [1.29, 1.82) is 0 Å². The summed E-state index contributed by atoms with van der Waals surface area (Å²) in [4.78, 5) is 46.3. The number of amides is 1. The van der Waals surface area contributed by atoms with E-state index in [1.807, 2.05) is 0 Å². The highest BCUT2D eigenvalue weighted by molar-refractivity contribution is 6.18. The minimum Gasteiger partial charge on any atom is -0.422 e. The van der Waals surface area contributed by atoms with Crippen LogP contribution in [0.15, 0.2) is 0 Å². The van der Waals surface area contributed by atoms with E-state index in [1.165, 1.54) is 13.8 Å². The van der Waals surface area contributed by atoms with Gasteiger partial charge in [-0.1, -0.05) is 0 Å². The number of Topliss-reactive ketones (excluding diaryl/α,β-unsaturated/α-hetero) is 1. The smallest absolute Gasteiger partial charge is 0.331 e. The molecule has 2 fully saturated rings. The average Bonchev–Trinajstić information content (AvgIpc) is 2.61. The first-order valence-corrected chi connectivity index (χ1v) is 5.59. The van der Waals surface area contributed by atoms with Crippen molar-refractivity contribution in [3.8, 4) is 0 Å². The van der Waals surface area contributed by atoms with Crippen molar-refractivity contribution >= 4 is 23.6 Å². The van der Waals surface area contributed by atoms with Crippen LogP contribution in [0.3, 0.4) is 0 Å². The molecule has 1 atom stereocenters. The Morgan fingerprint density at radius 2 is 1.78 bits per heavy atom. The predicted molar refractivity (Wildman–Crippen MR) is 55.9 cm³/mol. The van der Waals surface area contributed by atoms with Gasteiger partial charge in [-0.25, -0.2) is 0 Å². The fourth-order valence-corrected chi connectivity index (χ4v) is 1.98. The van der Waals surface area contributed by atoms with Crippen molar-refractivity contribution in [3.63, 3.8) is 0 Å². The molecule has 0 aromatic carbocycles. The molecule has 0 aromatic rings. The minimum absolute atomic E-state index is 0.207. The van der Waals surface area contributed by atoms with Crippen LogP contribution in [0.4, 0.5) is 0 Å². The highest BCUT2D eigenvalue weighted by Crippen LogP contribution is 2.25. The van der Waals surface area contributed by atoms with Crippen molar-refractivity contribution in [2.45, 2.75) is 38.5 Å². The van der Waals surface area contributed by atoms with Gasteiger partial charge >= 0.3 is 11.9 Å². The van der Waals surface area contributed by atoms with Gasteiger partial charge in [-0.3, -0.25) is 19.2 Å². The van der Waals surface area contributed by atoms with Gasteiger partial charge in [-0.2, -0.15) is 0 Å². The van der Waals surface area contributed by atoms with Crippen LogP contribution in [0.1, 0.15) is 26.7 Å². The number of esters is 2. The summed E-state index contributed by atoms with van der Waals surface area (Å²) in [5.41, 5.74) is 0. The third kappa shape index (κ3) is 2.20. The summed E-state index contributed by atoms with van der Waals surface area (Å²) in [6.07, 6.45) is 0.483. The first-order valence-electron chi connectivity index (χ1n) is 5.59. The summed E-state index contributed by atoms with van der Waals surface area (Å²) in [5.74, 6) is -5.76. The van der Waals surface area contributed by atoms with Crippen molar-refractivity contribution in [3.05, 3.63) is 0 Å². The molecule has 7 nitrogen and oxygen atoms in total. The zero-order valence-electron chi connectivity index (χ0n) is 10.0. The van der Waals surface area contributed by atoms with Crippen LogP contribution in [0, 0.1) is 5.92 Å². The molecule has 0 bridgehead atoms. The van der Waals surface area contributed by atoms with Crippen molar-refractivity contribution in [2.75, 3.05) is 0 Å². The van der Waals surface area contributed by atoms with E-state index in [9.17, 15) is 19.2 Å². The Balaban J connectivity index is 2.13. The molecule has 0 aliphatic carbocycles. The number of hydrogen-bond acceptors (Lipinski definition) is 6. The monoisotopic (exact) mass is 255 g/mol. The molecule has 2 aliphatic rings. The van der Waals surface area contributed by atoms with Crippen molar-refractivity contribution < 1.29 is 28.7 Å². The van der Waals surface area contributed by atoms with Gasteiger partial charge in [0.1, 0.15) is 0 Å². The molecular weight excluding hydrogens is 242 g/mol. The van der Waals surface area contributed by atoms with Gasteiger partial charge < -0.3 is 14.8 Å². The molecule has 98 valence electrons. The summed E-state index contributed by atoms with van der Waals surface area (Å²) < 4.78 is 9.70. The standard InChI is InChI=1S/C11H13NO6/c1-11(2)17-9(15)7(10(16)18-11)8(14)5-3-4-6(13)12-5/h5,7H,3-4H2,1-2H3,(H,12,13)/t5-/m0/s1. The van der Waals surface area contributed by atoms with Gasteiger partial charge in [0.25, 0.3) is 5.79 Å². The van der Waals surface area contributed by atoms with Gasteiger partial charge in [0.05, 0.1) is 6.04 Å². The fourth-order valence-electron chi connectivity index (χ4n) is 1.98. The fraction of sp³-hybridized carbons (Fsp3) is 0.636. The SMILES string of the molecule is CC1(C)OC(=O)C(C(=O)[C@@H]2CCC(=O)N2)C(=O)O1. The third-order valence-electron chi connectivity index (χ3n) is 2.79. The molecule has 0 unspecified atom stereocenters. The van der Waals surface area contributed by atoms with Gasteiger partial charge in [-0.15, -0.1) is 0 Å². The average molecular weight is 255 g/mol. The summed E-state index contributed by atoms with van der Waals surface area (Å²) in [7, 11) is 0. The Morgan fingerprint density at radius 1 is 1.22 bits per heavy atom. The maximum atomic E-state index is 12.0. The van der Waals surface area contributed by atoms with E-state index in [2.05, 4.69) is 5.32 Å². The van der Waals surface area contributed by atoms with E-state index in [0.29, 0.717) is 0 Å². The number of carbonyl (C=O) groups excluding carboxylic acids is 4. The molecule has 18 heavy (non-hydrogen) atoms. The first-order chi connectivity index (χ1) is 8.30. The molecular formula is C11H13NO6. The van der Waals surface area contributed by atoms with Crippen LogP contribution in [0.25, 0.3) is 0 Å². The number of ketones is 1. The molecule has 7 heteroatoms. The molecule has 2 rings (SSSR count). The maximum Gasteiger partial charge on any atom is 0.331 e. The number of hydrogen-bond donors (Lipinski definition) is 1. The second-order valence-corrected chi connectivity index (χ2v) is 4.74. The summed E-state index contributed by atoms with van der Waals surface area (Å²) >= 11 is 0. The van der Waals surface area contributed by atoms with Gasteiger partial charge in [0.15, 0.2) is 5.78 Å². The largest absolute Gasteiger partial charge is 0.422 e. The molecule has 2 saturated heterocycles. The highest BCUT2D eigenvalue weighted by atomic mass is 16.7. The number of ether oxygens (including phenoxy) is 2. The lowest BCUT2D eigenvalue weighted by Crippen LogP contribution is -2.52. The van der Waals surface area contributed by atoms with Crippen LogP contribution < -0.4 is 5.32 Å². The van der Waals surface area contributed by atoms with Crippen molar-refractivity contribution in [1.82, 2.24) is 5.32 Å². The molecule has 0 spiro atoms. The van der Waals surface area contributed by atoms with E-state index in [4.69, 9.17) is 9.47 Å². The third-order valence-corrected chi connectivity index (χ3v) is 2.79. The Hall–Kier alpha value is -1.92. The second-order valence-electron chi connectivity index (χ2n) is 4.74. The molecule has 1 N–H and O–H groups in total. The van der Waals surface area contributed by atoms with Gasteiger partial charge in [0.2, 0.25) is 11.8 Å². The quantitative estimate of drug-likeness (QED) is 0.516. The Labute approximate surface area is 103 Å². The zero-order chi connectivity index (χ0) is 13.5. The topological polar surface area (TPSA) is 98.8 Å². The second kappa shape index (κ2) is 4.08. The molecule has 1 amide bonds. The molecule has 0 saturated carbocycles. The van der Waals surface area contributed by atoms with E-state index in [-0.39, 0.29) is 18.7 Å². The maximum absolute atomic E-state index is 12.0. The Bertz CT molecular complexity index is 421. The molecule has 0 aromatic heterocycles. The first kappa shape index (κ1) is 12.5. The lowest BCUT2D eigenvalue weighted by Gasteiger charge is -2.32. The predicted octanol–water partition coefficient (Wildman–Crippen LogP) is -0.714. The molecule has 2 aliphatic heterocycles. The Kier molecular flexibility index (Phi) is 2.84. The number of nitrogens with one attached hydrogen (secondary N) is 1. The molecule has 0 radical (unpaired) electrons.